The van der Waals surface area contributed by atoms with Crippen molar-refractivity contribution in [3.63, 3.8) is 0 Å². The van der Waals surface area contributed by atoms with Crippen molar-refractivity contribution in [1.29, 1.82) is 0 Å². The second-order valence-corrected chi connectivity index (χ2v) is 7.00. The van der Waals surface area contributed by atoms with E-state index < -0.39 is 17.8 Å². The Morgan fingerprint density at radius 2 is 2.04 bits per heavy atom. The molecule has 144 valence electrons. The molecular formula is C20H19FN4O2S. The van der Waals surface area contributed by atoms with Gasteiger partial charge in [-0.05, 0) is 37.6 Å². The first-order chi connectivity index (χ1) is 13.5. The lowest BCUT2D eigenvalue weighted by molar-refractivity contribution is -0.126. The highest BCUT2D eigenvalue weighted by molar-refractivity contribution is 7.13. The van der Waals surface area contributed by atoms with Gasteiger partial charge in [0.15, 0.2) is 0 Å². The van der Waals surface area contributed by atoms with E-state index in [-0.39, 0.29) is 18.0 Å². The number of amides is 2. The van der Waals surface area contributed by atoms with Crippen LogP contribution in [0.4, 0.5) is 10.1 Å². The number of thiazole rings is 1. The monoisotopic (exact) mass is 398 g/mol. The summed E-state index contributed by atoms with van der Waals surface area (Å²) in [5, 5.41) is 7.84. The Labute approximate surface area is 165 Å². The number of hydrogen-bond acceptors (Lipinski definition) is 5. The molecule has 1 unspecified atom stereocenters. The number of anilines is 1. The van der Waals surface area contributed by atoms with Gasteiger partial charge in [0.05, 0.1) is 11.4 Å². The maximum Gasteiger partial charge on any atom is 0.246 e. The van der Waals surface area contributed by atoms with Crippen LogP contribution in [0, 0.1) is 5.82 Å². The van der Waals surface area contributed by atoms with Crippen LogP contribution in [-0.4, -0.2) is 27.8 Å². The number of pyridine rings is 1. The van der Waals surface area contributed by atoms with Gasteiger partial charge in [-0.1, -0.05) is 12.1 Å². The van der Waals surface area contributed by atoms with Gasteiger partial charge < -0.3 is 10.6 Å². The Kier molecular flexibility index (Phi) is 6.44. The predicted molar refractivity (Wildman–Crippen MR) is 106 cm³/mol. The summed E-state index contributed by atoms with van der Waals surface area (Å²) >= 11 is 1.49. The molecule has 0 aliphatic rings. The van der Waals surface area contributed by atoms with E-state index in [4.69, 9.17) is 0 Å². The zero-order valence-corrected chi connectivity index (χ0v) is 16.0. The number of carbonyl (C=O) groups excluding carboxylic acids is 2. The molecule has 0 fully saturated rings. The van der Waals surface area contributed by atoms with Crippen LogP contribution < -0.4 is 10.6 Å². The summed E-state index contributed by atoms with van der Waals surface area (Å²) in [5.41, 5.74) is 1.82. The van der Waals surface area contributed by atoms with E-state index in [0.29, 0.717) is 6.42 Å². The number of aromatic nitrogens is 2. The molecule has 3 rings (SSSR count). The Hall–Kier alpha value is -3.13. The summed E-state index contributed by atoms with van der Waals surface area (Å²) in [4.78, 5) is 32.8. The van der Waals surface area contributed by atoms with Crippen LogP contribution in [0.3, 0.4) is 0 Å². The van der Waals surface area contributed by atoms with E-state index in [2.05, 4.69) is 20.6 Å². The van der Waals surface area contributed by atoms with Gasteiger partial charge in [0.25, 0.3) is 0 Å². The lowest BCUT2D eigenvalue weighted by atomic mass is 10.2. The Morgan fingerprint density at radius 3 is 2.79 bits per heavy atom. The van der Waals surface area contributed by atoms with Gasteiger partial charge in [-0.3, -0.25) is 14.6 Å². The van der Waals surface area contributed by atoms with Crippen molar-refractivity contribution in [3.05, 3.63) is 65.7 Å². The predicted octanol–water partition coefficient (Wildman–Crippen LogP) is 3.42. The molecule has 0 bridgehead atoms. The van der Waals surface area contributed by atoms with Crippen LogP contribution >= 0.6 is 11.3 Å². The van der Waals surface area contributed by atoms with Gasteiger partial charge in [-0.15, -0.1) is 11.3 Å². The molecule has 2 N–H and O–H groups in total. The fraction of sp³-hybridized carbons (Fsp3) is 0.200. The molecular weight excluding hydrogens is 379 g/mol. The second-order valence-electron chi connectivity index (χ2n) is 6.14. The topological polar surface area (TPSA) is 84.0 Å². The summed E-state index contributed by atoms with van der Waals surface area (Å²) < 4.78 is 13.6. The van der Waals surface area contributed by atoms with Crippen molar-refractivity contribution in [2.24, 2.45) is 0 Å². The normalized spacial score (nSPS) is 11.6. The van der Waals surface area contributed by atoms with Crippen molar-refractivity contribution < 1.29 is 14.0 Å². The highest BCUT2D eigenvalue weighted by atomic mass is 32.1. The standard InChI is InChI=1S/C20H19FN4O2S/c1-13(19(27)25-17-7-3-2-6-16(17)21)23-18(26)9-8-15-12-28-20(24-15)14-5-4-10-22-11-14/h2-7,10-13H,8-9H2,1H3,(H,23,26)(H,25,27). The fourth-order valence-corrected chi connectivity index (χ4v) is 3.31. The maximum absolute atomic E-state index is 13.6. The number of hydrogen-bond donors (Lipinski definition) is 2. The van der Waals surface area contributed by atoms with Gasteiger partial charge in [-0.2, -0.15) is 0 Å². The first kappa shape index (κ1) is 19.6. The summed E-state index contributed by atoms with van der Waals surface area (Å²) in [6.07, 6.45) is 4.11. The molecule has 2 amide bonds. The number of benzene rings is 1. The van der Waals surface area contributed by atoms with Crippen LogP contribution in [0.15, 0.2) is 54.2 Å². The third-order valence-electron chi connectivity index (χ3n) is 3.97. The number of nitrogens with zero attached hydrogens (tertiary/aromatic N) is 2. The van der Waals surface area contributed by atoms with Crippen LogP contribution in [0.5, 0.6) is 0 Å². The molecule has 3 aromatic rings. The van der Waals surface area contributed by atoms with Gasteiger partial charge in [0, 0.05) is 29.8 Å². The molecule has 1 aromatic carbocycles. The van der Waals surface area contributed by atoms with Gasteiger partial charge in [0.1, 0.15) is 16.9 Å². The molecule has 0 aliphatic carbocycles. The van der Waals surface area contributed by atoms with Crippen molar-refractivity contribution in [2.75, 3.05) is 5.32 Å². The Balaban J connectivity index is 1.48. The van der Waals surface area contributed by atoms with E-state index in [1.807, 2.05) is 17.5 Å². The minimum absolute atomic E-state index is 0.0824. The summed E-state index contributed by atoms with van der Waals surface area (Å²) in [6, 6.07) is 8.87. The highest BCUT2D eigenvalue weighted by Crippen LogP contribution is 2.23. The zero-order valence-electron chi connectivity index (χ0n) is 15.2. The van der Waals surface area contributed by atoms with Gasteiger partial charge in [-0.25, -0.2) is 9.37 Å². The molecule has 6 nitrogen and oxygen atoms in total. The molecule has 28 heavy (non-hydrogen) atoms. The summed E-state index contributed by atoms with van der Waals surface area (Å²) in [7, 11) is 0. The number of carbonyl (C=O) groups is 2. The van der Waals surface area contributed by atoms with E-state index in [1.54, 1.807) is 25.4 Å². The van der Waals surface area contributed by atoms with Crippen molar-refractivity contribution in [1.82, 2.24) is 15.3 Å². The van der Waals surface area contributed by atoms with Crippen LogP contribution in [0.25, 0.3) is 10.6 Å². The van der Waals surface area contributed by atoms with Crippen molar-refractivity contribution in [2.45, 2.75) is 25.8 Å². The van der Waals surface area contributed by atoms with Crippen LogP contribution in [0.1, 0.15) is 19.0 Å². The fourth-order valence-electron chi connectivity index (χ4n) is 2.47. The van der Waals surface area contributed by atoms with E-state index >= 15 is 0 Å². The first-order valence-electron chi connectivity index (χ1n) is 8.72. The molecule has 0 saturated carbocycles. The lowest BCUT2D eigenvalue weighted by Crippen LogP contribution is -2.41. The van der Waals surface area contributed by atoms with Crippen molar-refractivity contribution in [3.8, 4) is 10.6 Å². The van der Waals surface area contributed by atoms with Gasteiger partial charge >= 0.3 is 0 Å². The van der Waals surface area contributed by atoms with Crippen LogP contribution in [0.2, 0.25) is 0 Å². The lowest BCUT2D eigenvalue weighted by Gasteiger charge is -2.14. The van der Waals surface area contributed by atoms with Gasteiger partial charge in [0.2, 0.25) is 11.8 Å². The van der Waals surface area contributed by atoms with E-state index in [0.717, 1.165) is 16.3 Å². The Bertz CT molecular complexity index is 962. The van der Waals surface area contributed by atoms with Crippen LogP contribution in [-0.2, 0) is 16.0 Å². The SMILES string of the molecule is CC(NC(=O)CCc1csc(-c2cccnc2)n1)C(=O)Nc1ccccc1F. The quantitative estimate of drug-likeness (QED) is 0.639. The molecule has 0 spiro atoms. The number of halogens is 1. The summed E-state index contributed by atoms with van der Waals surface area (Å²) in [5.74, 6) is -1.28. The molecule has 0 aliphatic heterocycles. The molecule has 2 heterocycles. The number of para-hydroxylation sites is 1. The molecule has 0 radical (unpaired) electrons. The average molecular weight is 398 g/mol. The molecule has 0 saturated heterocycles. The molecule has 2 aromatic heterocycles. The Morgan fingerprint density at radius 1 is 1.21 bits per heavy atom. The molecule has 1 atom stereocenters. The highest BCUT2D eigenvalue weighted by Gasteiger charge is 2.17. The van der Waals surface area contributed by atoms with E-state index in [9.17, 15) is 14.0 Å². The average Bonchev–Trinajstić information content (AvgIpc) is 3.18. The zero-order chi connectivity index (χ0) is 19.9. The smallest absolute Gasteiger partial charge is 0.246 e. The third kappa shape index (κ3) is 5.20. The molecule has 8 heteroatoms. The largest absolute Gasteiger partial charge is 0.345 e. The minimum atomic E-state index is -0.784. The number of nitrogens with one attached hydrogen (secondary N) is 2. The first-order valence-corrected chi connectivity index (χ1v) is 9.60. The maximum atomic E-state index is 13.6. The number of rotatable bonds is 7. The van der Waals surface area contributed by atoms with Crippen molar-refractivity contribution >= 4 is 28.8 Å². The summed E-state index contributed by atoms with van der Waals surface area (Å²) in [6.45, 7) is 1.55. The third-order valence-corrected chi connectivity index (χ3v) is 4.91. The number of aryl methyl sites for hydroxylation is 1. The second kappa shape index (κ2) is 9.18. The minimum Gasteiger partial charge on any atom is -0.345 e. The van der Waals surface area contributed by atoms with E-state index in [1.165, 1.54) is 29.5 Å².